The maximum atomic E-state index is 13.1. The highest BCUT2D eigenvalue weighted by Gasteiger charge is 2.29. The summed E-state index contributed by atoms with van der Waals surface area (Å²) in [7, 11) is -2.35. The molecule has 6 nitrogen and oxygen atoms in total. The number of anilines is 1. The number of ether oxygens (including phenoxy) is 1. The minimum absolute atomic E-state index is 0.0411. The van der Waals surface area contributed by atoms with Gasteiger partial charge in [0.2, 0.25) is 0 Å². The summed E-state index contributed by atoms with van der Waals surface area (Å²) in [6, 6.07) is 8.46. The normalized spacial score (nSPS) is 14.9. The number of amides is 1. The fourth-order valence-electron chi connectivity index (χ4n) is 3.19. The summed E-state index contributed by atoms with van der Waals surface area (Å²) in [4.78, 5) is 12.9. The number of nitrogens with zero attached hydrogens (tertiary/aromatic N) is 1. The van der Waals surface area contributed by atoms with Crippen LogP contribution in [0.5, 0.6) is 5.75 Å². The number of rotatable bonds is 7. The summed E-state index contributed by atoms with van der Waals surface area (Å²) in [5.74, 6) is 0.370. The van der Waals surface area contributed by atoms with E-state index in [2.05, 4.69) is 5.32 Å². The van der Waals surface area contributed by atoms with Crippen LogP contribution in [0, 0.1) is 0 Å². The Bertz CT molecular complexity index is 885. The molecule has 1 N–H and O–H groups in total. The van der Waals surface area contributed by atoms with E-state index in [4.69, 9.17) is 4.74 Å². The second kappa shape index (κ2) is 8.31. The van der Waals surface area contributed by atoms with E-state index in [1.165, 1.54) is 17.4 Å². The smallest absolute Gasteiger partial charge is 0.265 e. The van der Waals surface area contributed by atoms with E-state index in [1.54, 1.807) is 29.6 Å². The van der Waals surface area contributed by atoms with E-state index in [-0.39, 0.29) is 21.7 Å². The predicted molar refractivity (Wildman–Crippen MR) is 107 cm³/mol. The van der Waals surface area contributed by atoms with E-state index in [1.807, 2.05) is 6.92 Å². The lowest BCUT2D eigenvalue weighted by molar-refractivity contribution is 0.0939. The first kappa shape index (κ1) is 19.7. The van der Waals surface area contributed by atoms with Crippen LogP contribution in [0.4, 0.5) is 5.69 Å². The fourth-order valence-corrected chi connectivity index (χ4v) is 5.69. The van der Waals surface area contributed by atoms with E-state index in [0.29, 0.717) is 18.0 Å². The van der Waals surface area contributed by atoms with Crippen LogP contribution in [-0.2, 0) is 10.0 Å². The van der Waals surface area contributed by atoms with Gasteiger partial charge in [-0.15, -0.1) is 11.3 Å². The fraction of sp³-hybridized carbons (Fsp3) is 0.421. The Morgan fingerprint density at radius 1 is 1.22 bits per heavy atom. The lowest BCUT2D eigenvalue weighted by Crippen LogP contribution is -2.34. The molecule has 0 saturated heterocycles. The van der Waals surface area contributed by atoms with Crippen molar-refractivity contribution in [3.63, 3.8) is 0 Å². The first-order chi connectivity index (χ1) is 12.9. The van der Waals surface area contributed by atoms with Crippen molar-refractivity contribution in [1.29, 1.82) is 0 Å². The summed E-state index contributed by atoms with van der Waals surface area (Å²) in [5.41, 5.74) is 0.506. The summed E-state index contributed by atoms with van der Waals surface area (Å²) >= 11 is 1.15. The molecule has 0 bridgehead atoms. The molecule has 1 fully saturated rings. The molecule has 0 radical (unpaired) electrons. The van der Waals surface area contributed by atoms with Crippen LogP contribution in [0.1, 0.15) is 42.3 Å². The molecule has 0 unspecified atom stereocenters. The molecule has 1 aliphatic carbocycles. The summed E-state index contributed by atoms with van der Waals surface area (Å²) in [6.07, 6.45) is 4.10. The summed E-state index contributed by atoms with van der Waals surface area (Å²) in [6.45, 7) is 2.43. The molecule has 1 aromatic heterocycles. The maximum Gasteiger partial charge on any atom is 0.265 e. The quantitative estimate of drug-likeness (QED) is 0.759. The molecule has 1 aliphatic rings. The van der Waals surface area contributed by atoms with Gasteiger partial charge in [0.05, 0.1) is 12.3 Å². The molecule has 2 aromatic rings. The van der Waals surface area contributed by atoms with Crippen molar-refractivity contribution in [2.24, 2.45) is 0 Å². The van der Waals surface area contributed by atoms with Crippen LogP contribution >= 0.6 is 11.3 Å². The Morgan fingerprint density at radius 3 is 2.52 bits per heavy atom. The molecule has 0 atom stereocenters. The Morgan fingerprint density at radius 2 is 1.89 bits per heavy atom. The molecular weight excluding hydrogens is 384 g/mol. The monoisotopic (exact) mass is 408 g/mol. The third-order valence-electron chi connectivity index (χ3n) is 4.68. The molecule has 1 heterocycles. The van der Waals surface area contributed by atoms with Crippen molar-refractivity contribution >= 4 is 33.0 Å². The minimum atomic E-state index is -3.84. The van der Waals surface area contributed by atoms with Crippen molar-refractivity contribution in [3.8, 4) is 5.75 Å². The molecule has 27 heavy (non-hydrogen) atoms. The van der Waals surface area contributed by atoms with Gasteiger partial charge in [-0.3, -0.25) is 9.10 Å². The van der Waals surface area contributed by atoms with Gasteiger partial charge in [-0.25, -0.2) is 8.42 Å². The first-order valence-corrected chi connectivity index (χ1v) is 11.4. The molecule has 0 spiro atoms. The van der Waals surface area contributed by atoms with E-state index in [0.717, 1.165) is 37.0 Å². The van der Waals surface area contributed by atoms with Crippen LogP contribution in [0.15, 0.2) is 40.6 Å². The highest BCUT2D eigenvalue weighted by molar-refractivity contribution is 7.93. The van der Waals surface area contributed by atoms with Crippen LogP contribution in [0.3, 0.4) is 0 Å². The summed E-state index contributed by atoms with van der Waals surface area (Å²) in [5, 5.41) is 4.61. The number of benzene rings is 1. The van der Waals surface area contributed by atoms with Crippen LogP contribution in [0.25, 0.3) is 0 Å². The maximum absolute atomic E-state index is 13.1. The van der Waals surface area contributed by atoms with Crippen LogP contribution in [0.2, 0.25) is 0 Å². The number of nitrogens with one attached hydrogen (secondary N) is 1. The van der Waals surface area contributed by atoms with Gasteiger partial charge in [-0.1, -0.05) is 12.8 Å². The zero-order chi connectivity index (χ0) is 19.4. The molecule has 146 valence electrons. The highest BCUT2D eigenvalue weighted by Crippen LogP contribution is 2.29. The number of hydrogen-bond donors (Lipinski definition) is 1. The number of carbonyl (C=O) groups is 1. The van der Waals surface area contributed by atoms with Gasteiger partial charge in [-0.2, -0.15) is 0 Å². The number of carbonyl (C=O) groups excluding carboxylic acids is 1. The van der Waals surface area contributed by atoms with Crippen LogP contribution in [-0.4, -0.2) is 34.0 Å². The molecule has 1 saturated carbocycles. The average molecular weight is 409 g/mol. The minimum Gasteiger partial charge on any atom is -0.494 e. The van der Waals surface area contributed by atoms with Crippen molar-refractivity contribution in [1.82, 2.24) is 5.32 Å². The van der Waals surface area contributed by atoms with Gasteiger partial charge >= 0.3 is 0 Å². The number of hydrogen-bond acceptors (Lipinski definition) is 5. The number of thiophene rings is 1. The Balaban J connectivity index is 1.82. The first-order valence-electron chi connectivity index (χ1n) is 9.03. The lowest BCUT2D eigenvalue weighted by atomic mass is 10.2. The van der Waals surface area contributed by atoms with Gasteiger partial charge < -0.3 is 10.1 Å². The Kier molecular flexibility index (Phi) is 6.06. The van der Waals surface area contributed by atoms with Crippen molar-refractivity contribution in [3.05, 3.63) is 40.6 Å². The van der Waals surface area contributed by atoms with E-state index in [9.17, 15) is 13.2 Å². The third kappa shape index (κ3) is 4.27. The topological polar surface area (TPSA) is 75.7 Å². The second-order valence-electron chi connectivity index (χ2n) is 6.47. The molecule has 0 aliphatic heterocycles. The van der Waals surface area contributed by atoms with Crippen molar-refractivity contribution < 1.29 is 17.9 Å². The van der Waals surface area contributed by atoms with E-state index < -0.39 is 10.0 Å². The van der Waals surface area contributed by atoms with Gasteiger partial charge in [0.1, 0.15) is 15.5 Å². The Hall–Kier alpha value is -2.06. The molecule has 8 heteroatoms. The zero-order valence-electron chi connectivity index (χ0n) is 15.5. The standard InChI is InChI=1S/C19H24N2O4S2/c1-3-25-16-10-8-15(9-11-16)21(2)27(23,24)17-12-13-26-18(17)19(22)20-14-6-4-5-7-14/h8-14H,3-7H2,1-2H3,(H,20,22). The highest BCUT2D eigenvalue weighted by atomic mass is 32.2. The lowest BCUT2D eigenvalue weighted by Gasteiger charge is -2.20. The molecule has 1 amide bonds. The van der Waals surface area contributed by atoms with Gasteiger partial charge in [-0.05, 0) is 55.5 Å². The molecule has 1 aromatic carbocycles. The predicted octanol–water partition coefficient (Wildman–Crippen LogP) is 3.64. The molecular formula is C19H24N2O4S2. The van der Waals surface area contributed by atoms with Gasteiger partial charge in [0.15, 0.2) is 0 Å². The second-order valence-corrected chi connectivity index (χ2v) is 9.32. The summed E-state index contributed by atoms with van der Waals surface area (Å²) < 4.78 is 32.8. The number of sulfonamides is 1. The third-order valence-corrected chi connectivity index (χ3v) is 7.55. The van der Waals surface area contributed by atoms with Crippen molar-refractivity contribution in [2.45, 2.75) is 43.5 Å². The van der Waals surface area contributed by atoms with Crippen LogP contribution < -0.4 is 14.4 Å². The SMILES string of the molecule is CCOc1ccc(N(C)S(=O)(=O)c2ccsc2C(=O)NC2CCCC2)cc1. The van der Waals surface area contributed by atoms with Gasteiger partial charge in [0, 0.05) is 13.1 Å². The largest absolute Gasteiger partial charge is 0.494 e. The average Bonchev–Trinajstić information content (AvgIpc) is 3.34. The van der Waals surface area contributed by atoms with E-state index >= 15 is 0 Å². The Labute approximate surface area is 164 Å². The van der Waals surface area contributed by atoms with Gasteiger partial charge in [0.25, 0.3) is 15.9 Å². The van der Waals surface area contributed by atoms with Crippen molar-refractivity contribution in [2.75, 3.05) is 18.0 Å². The zero-order valence-corrected chi connectivity index (χ0v) is 17.1. The molecule has 3 rings (SSSR count).